The van der Waals surface area contributed by atoms with E-state index >= 15 is 0 Å². The van der Waals surface area contributed by atoms with Gasteiger partial charge in [0.25, 0.3) is 0 Å². The molecule has 0 heterocycles. The van der Waals surface area contributed by atoms with Gasteiger partial charge in [0.15, 0.2) is 17.4 Å². The minimum atomic E-state index is -0.946. The van der Waals surface area contributed by atoms with Crippen LogP contribution in [0.3, 0.4) is 0 Å². The van der Waals surface area contributed by atoms with Gasteiger partial charge in [0.1, 0.15) is 5.75 Å². The van der Waals surface area contributed by atoms with E-state index < -0.39 is 17.4 Å². The van der Waals surface area contributed by atoms with E-state index in [2.05, 4.69) is 0 Å². The highest BCUT2D eigenvalue weighted by atomic mass is 19.1. The third kappa shape index (κ3) is 2.81. The zero-order chi connectivity index (χ0) is 16.6. The second-order valence-corrected chi connectivity index (χ2v) is 5.79. The van der Waals surface area contributed by atoms with Crippen molar-refractivity contribution in [3.05, 3.63) is 58.7 Å². The summed E-state index contributed by atoms with van der Waals surface area (Å²) in [4.78, 5) is 0. The summed E-state index contributed by atoms with van der Waals surface area (Å²) in [7, 11) is 0. The van der Waals surface area contributed by atoms with Gasteiger partial charge in [0.2, 0.25) is 0 Å². The molecule has 3 rings (SSSR count). The molecule has 4 heteroatoms. The molecule has 0 amide bonds. The zero-order valence-corrected chi connectivity index (χ0v) is 12.9. The third-order valence-electron chi connectivity index (χ3n) is 4.37. The number of hydrogen-bond donors (Lipinski definition) is 2. The van der Waals surface area contributed by atoms with Gasteiger partial charge in [-0.3, -0.25) is 0 Å². The summed E-state index contributed by atoms with van der Waals surface area (Å²) in [6.07, 6.45) is 3.05. The fraction of sp³-hybridized carbons (Fsp3) is 0.263. The lowest BCUT2D eigenvalue weighted by atomic mass is 9.91. The smallest absolute Gasteiger partial charge is 0.187 e. The molecule has 0 bridgehead atoms. The van der Waals surface area contributed by atoms with Crippen LogP contribution in [0.25, 0.3) is 11.1 Å². The van der Waals surface area contributed by atoms with E-state index in [0.29, 0.717) is 12.0 Å². The number of phenols is 2. The topological polar surface area (TPSA) is 40.5 Å². The van der Waals surface area contributed by atoms with Crippen molar-refractivity contribution in [2.24, 2.45) is 0 Å². The number of aromatic hydroxyl groups is 2. The van der Waals surface area contributed by atoms with Crippen molar-refractivity contribution in [2.45, 2.75) is 32.6 Å². The Morgan fingerprint density at radius 3 is 2.35 bits per heavy atom. The lowest BCUT2D eigenvalue weighted by molar-refractivity contribution is 0.396. The van der Waals surface area contributed by atoms with Crippen molar-refractivity contribution in [1.29, 1.82) is 0 Å². The summed E-state index contributed by atoms with van der Waals surface area (Å²) in [6, 6.07) is 7.63. The van der Waals surface area contributed by atoms with Crippen molar-refractivity contribution in [1.82, 2.24) is 0 Å². The predicted molar refractivity (Wildman–Crippen MR) is 86.2 cm³/mol. The summed E-state index contributed by atoms with van der Waals surface area (Å²) in [6.45, 7) is 2.00. The van der Waals surface area contributed by atoms with E-state index in [1.807, 2.05) is 13.0 Å². The fourth-order valence-electron chi connectivity index (χ4n) is 3.31. The number of allylic oxidation sites excluding steroid dienone is 2. The predicted octanol–water partition coefficient (Wildman–Crippen LogP) is 5.03. The van der Waals surface area contributed by atoms with Crippen LogP contribution in [0.2, 0.25) is 0 Å². The molecule has 1 aliphatic rings. The molecule has 0 atom stereocenters. The Morgan fingerprint density at radius 1 is 1.00 bits per heavy atom. The first kappa shape index (κ1) is 15.5. The van der Waals surface area contributed by atoms with Gasteiger partial charge in [-0.2, -0.15) is 0 Å². The molecule has 0 aliphatic heterocycles. The molecule has 0 unspecified atom stereocenters. The third-order valence-corrected chi connectivity index (χ3v) is 4.37. The van der Waals surface area contributed by atoms with Crippen molar-refractivity contribution < 1.29 is 19.0 Å². The maximum atomic E-state index is 13.7. The molecular weight excluding hydrogens is 298 g/mol. The molecule has 120 valence electrons. The molecular formula is C19H18F2O2. The quantitative estimate of drug-likeness (QED) is 0.815. The molecule has 23 heavy (non-hydrogen) atoms. The molecule has 2 N–H and O–H groups in total. The van der Waals surface area contributed by atoms with Crippen LogP contribution >= 0.6 is 0 Å². The van der Waals surface area contributed by atoms with E-state index in [0.717, 1.165) is 41.5 Å². The number of fused-ring (bicyclic) bond motifs is 1. The number of benzene rings is 2. The molecule has 1 aliphatic carbocycles. The molecule has 0 aromatic heterocycles. The van der Waals surface area contributed by atoms with Gasteiger partial charge in [0, 0.05) is 0 Å². The Kier molecular flexibility index (Phi) is 4.07. The maximum Gasteiger partial charge on any atom is 0.187 e. The van der Waals surface area contributed by atoms with Crippen LogP contribution in [0.5, 0.6) is 11.5 Å². The van der Waals surface area contributed by atoms with Crippen molar-refractivity contribution >= 4 is 11.1 Å². The van der Waals surface area contributed by atoms with Gasteiger partial charge < -0.3 is 10.2 Å². The van der Waals surface area contributed by atoms with Gasteiger partial charge in [-0.25, -0.2) is 8.78 Å². The molecule has 2 aromatic rings. The van der Waals surface area contributed by atoms with Crippen molar-refractivity contribution in [3.63, 3.8) is 0 Å². The number of aryl methyl sites for hydroxylation is 1. The lowest BCUT2D eigenvalue weighted by Gasteiger charge is -2.15. The van der Waals surface area contributed by atoms with Crippen molar-refractivity contribution in [3.8, 4) is 11.5 Å². The van der Waals surface area contributed by atoms with Crippen LogP contribution < -0.4 is 0 Å². The summed E-state index contributed by atoms with van der Waals surface area (Å²) < 4.78 is 27.5. The Labute approximate surface area is 133 Å². The first-order valence-corrected chi connectivity index (χ1v) is 7.74. The lowest BCUT2D eigenvalue weighted by Crippen LogP contribution is -1.95. The Hall–Kier alpha value is -2.36. The van der Waals surface area contributed by atoms with Gasteiger partial charge in [-0.1, -0.05) is 13.0 Å². The molecule has 2 aromatic carbocycles. The Balaban J connectivity index is 2.21. The second kappa shape index (κ2) is 6.03. The first-order valence-electron chi connectivity index (χ1n) is 7.74. The zero-order valence-electron chi connectivity index (χ0n) is 12.9. The molecule has 0 spiro atoms. The maximum absolute atomic E-state index is 13.7. The fourth-order valence-corrected chi connectivity index (χ4v) is 3.31. The number of halogens is 2. The van der Waals surface area contributed by atoms with Gasteiger partial charge in [-0.15, -0.1) is 0 Å². The van der Waals surface area contributed by atoms with Crippen LogP contribution in [0.1, 0.15) is 42.9 Å². The molecule has 0 fully saturated rings. The molecule has 0 saturated heterocycles. The number of phenolic OH excluding ortho intramolecular Hbond substituents is 2. The minimum absolute atomic E-state index is 0.226. The summed E-state index contributed by atoms with van der Waals surface area (Å²) in [5, 5.41) is 19.0. The van der Waals surface area contributed by atoms with Gasteiger partial charge >= 0.3 is 0 Å². The van der Waals surface area contributed by atoms with Gasteiger partial charge in [-0.05, 0) is 77.8 Å². The average Bonchev–Trinajstić information content (AvgIpc) is 2.70. The van der Waals surface area contributed by atoms with Gasteiger partial charge in [0.05, 0.1) is 0 Å². The highest BCUT2D eigenvalue weighted by Crippen LogP contribution is 2.39. The SMILES string of the molecule is CCC1=C(c2cc(F)c(O)c(F)c2)CCCc2cc(O)ccc21. The van der Waals surface area contributed by atoms with Crippen LogP contribution in [-0.4, -0.2) is 10.2 Å². The normalized spacial score (nSPS) is 14.6. The van der Waals surface area contributed by atoms with Crippen LogP contribution in [0.15, 0.2) is 30.3 Å². The van der Waals surface area contributed by atoms with E-state index in [1.54, 1.807) is 12.1 Å². The summed E-state index contributed by atoms with van der Waals surface area (Å²) >= 11 is 0. The largest absolute Gasteiger partial charge is 0.508 e. The van der Waals surface area contributed by atoms with Crippen LogP contribution in [0, 0.1) is 11.6 Å². The molecule has 0 radical (unpaired) electrons. The standard InChI is InChI=1S/C19H18F2O2/c1-2-14-15(12-9-17(20)19(23)18(21)10-12)5-3-4-11-8-13(22)6-7-16(11)14/h6-10,22-23H,2-5H2,1H3. The second-order valence-electron chi connectivity index (χ2n) is 5.79. The monoisotopic (exact) mass is 316 g/mol. The highest BCUT2D eigenvalue weighted by molar-refractivity contribution is 5.92. The average molecular weight is 316 g/mol. The van der Waals surface area contributed by atoms with Crippen LogP contribution in [-0.2, 0) is 6.42 Å². The summed E-state index contributed by atoms with van der Waals surface area (Å²) in [5.74, 6) is -2.60. The highest BCUT2D eigenvalue weighted by Gasteiger charge is 2.20. The number of rotatable bonds is 2. The molecule has 2 nitrogen and oxygen atoms in total. The first-order chi connectivity index (χ1) is 11.0. The van der Waals surface area contributed by atoms with E-state index in [9.17, 15) is 19.0 Å². The van der Waals surface area contributed by atoms with Crippen LogP contribution in [0.4, 0.5) is 8.78 Å². The van der Waals surface area contributed by atoms with E-state index in [-0.39, 0.29) is 5.75 Å². The Bertz CT molecular complexity index is 771. The van der Waals surface area contributed by atoms with E-state index in [4.69, 9.17) is 0 Å². The minimum Gasteiger partial charge on any atom is -0.508 e. The molecule has 0 saturated carbocycles. The van der Waals surface area contributed by atoms with E-state index in [1.165, 1.54) is 12.1 Å². The summed E-state index contributed by atoms with van der Waals surface area (Å²) in [5.41, 5.74) is 4.47. The number of hydrogen-bond acceptors (Lipinski definition) is 2. The Morgan fingerprint density at radius 2 is 1.70 bits per heavy atom. The van der Waals surface area contributed by atoms with Crippen molar-refractivity contribution in [2.75, 3.05) is 0 Å².